The summed E-state index contributed by atoms with van der Waals surface area (Å²) in [5, 5.41) is 2.63. The number of nitrogens with zero attached hydrogens (tertiary/aromatic N) is 1. The van der Waals surface area contributed by atoms with Crippen molar-refractivity contribution in [3.8, 4) is 0 Å². The molecule has 0 aliphatic heterocycles. The van der Waals surface area contributed by atoms with Crippen LogP contribution in [-0.2, 0) is 6.42 Å². The summed E-state index contributed by atoms with van der Waals surface area (Å²) in [7, 11) is 1.64. The molecule has 1 aliphatic carbocycles. The highest BCUT2D eigenvalue weighted by Crippen LogP contribution is 2.20. The molecule has 0 aromatic carbocycles. The van der Waals surface area contributed by atoms with Gasteiger partial charge in [0.05, 0.1) is 0 Å². The molecule has 1 aromatic rings. The summed E-state index contributed by atoms with van der Waals surface area (Å²) in [6.45, 7) is 4.00. The van der Waals surface area contributed by atoms with Crippen LogP contribution in [0.25, 0.3) is 6.08 Å². The van der Waals surface area contributed by atoms with Gasteiger partial charge in [-0.25, -0.2) is 0 Å². The van der Waals surface area contributed by atoms with Gasteiger partial charge in [0, 0.05) is 30.1 Å². The Morgan fingerprint density at radius 2 is 2.19 bits per heavy atom. The highest BCUT2D eigenvalue weighted by atomic mass is 16.1. The van der Waals surface area contributed by atoms with Crippen LogP contribution in [0.3, 0.4) is 0 Å². The lowest BCUT2D eigenvalue weighted by atomic mass is 9.98. The van der Waals surface area contributed by atoms with Crippen molar-refractivity contribution in [2.75, 3.05) is 7.05 Å². The number of hydrogen-bond donors (Lipinski definition) is 1. The molecule has 3 heteroatoms. The number of allylic oxidation sites excluding steroid dienone is 1. The Morgan fingerprint density at radius 3 is 2.88 bits per heavy atom. The Labute approximate surface area is 96.6 Å². The van der Waals surface area contributed by atoms with Crippen molar-refractivity contribution in [2.45, 2.75) is 26.7 Å². The molecule has 1 heterocycles. The largest absolute Gasteiger partial charge is 0.355 e. The topological polar surface area (TPSA) is 42.0 Å². The van der Waals surface area contributed by atoms with Crippen molar-refractivity contribution in [1.29, 1.82) is 0 Å². The third-order valence-corrected chi connectivity index (χ3v) is 2.38. The Morgan fingerprint density at radius 1 is 1.44 bits per heavy atom. The molecule has 86 valence electrons. The molecule has 2 rings (SSSR count). The normalized spacial score (nSPS) is 12.2. The smallest absolute Gasteiger partial charge is 0.251 e. The maximum atomic E-state index is 11.5. The van der Waals surface area contributed by atoms with Crippen LogP contribution in [0.1, 0.15) is 41.9 Å². The van der Waals surface area contributed by atoms with Gasteiger partial charge in [-0.1, -0.05) is 26.0 Å². The standard InChI is InChI=1S/C11H12N2O.C2H6/c1-12-11(14)9-6-7-13-10-5-3-2-4-8(9)10;1-2/h2,4,6-7H,3,5H2,1H3,(H,12,14);1-2H3. The minimum absolute atomic E-state index is 0.0461. The van der Waals surface area contributed by atoms with Crippen molar-refractivity contribution in [3.05, 3.63) is 35.2 Å². The molecule has 0 atom stereocenters. The molecule has 0 spiro atoms. The Balaban J connectivity index is 0.000000606. The minimum atomic E-state index is -0.0461. The zero-order chi connectivity index (χ0) is 12.0. The highest BCUT2D eigenvalue weighted by molar-refractivity contribution is 5.97. The van der Waals surface area contributed by atoms with Gasteiger partial charge in [0.1, 0.15) is 0 Å². The molecule has 16 heavy (non-hydrogen) atoms. The second kappa shape index (κ2) is 6.05. The molecule has 0 saturated heterocycles. The molecular formula is C13H18N2O. The van der Waals surface area contributed by atoms with Crippen LogP contribution >= 0.6 is 0 Å². The molecule has 0 saturated carbocycles. The first kappa shape index (κ1) is 12.4. The van der Waals surface area contributed by atoms with Crippen molar-refractivity contribution in [1.82, 2.24) is 10.3 Å². The van der Waals surface area contributed by atoms with E-state index in [1.807, 2.05) is 19.9 Å². The average Bonchev–Trinajstić information content (AvgIpc) is 2.39. The highest BCUT2D eigenvalue weighted by Gasteiger charge is 2.14. The Kier molecular flexibility index (Phi) is 4.70. The first-order chi connectivity index (χ1) is 7.83. The number of pyridine rings is 1. The van der Waals surface area contributed by atoms with Crippen molar-refractivity contribution >= 4 is 12.0 Å². The molecule has 1 aliphatic rings. The maximum Gasteiger partial charge on any atom is 0.251 e. The van der Waals surface area contributed by atoms with Gasteiger partial charge < -0.3 is 5.32 Å². The predicted molar refractivity (Wildman–Crippen MR) is 66.3 cm³/mol. The van der Waals surface area contributed by atoms with E-state index in [9.17, 15) is 4.79 Å². The summed E-state index contributed by atoms with van der Waals surface area (Å²) < 4.78 is 0. The lowest BCUT2D eigenvalue weighted by Crippen LogP contribution is -2.20. The van der Waals surface area contributed by atoms with Crippen molar-refractivity contribution < 1.29 is 4.79 Å². The van der Waals surface area contributed by atoms with Crippen LogP contribution in [0, 0.1) is 0 Å². The molecule has 0 unspecified atom stereocenters. The zero-order valence-corrected chi connectivity index (χ0v) is 10.1. The number of carbonyl (C=O) groups excluding carboxylic acids is 1. The molecule has 0 bridgehead atoms. The molecule has 0 fully saturated rings. The van der Waals surface area contributed by atoms with E-state index in [0.29, 0.717) is 5.56 Å². The van der Waals surface area contributed by atoms with Gasteiger partial charge in [0.2, 0.25) is 0 Å². The van der Waals surface area contributed by atoms with E-state index >= 15 is 0 Å². The molecule has 1 aromatic heterocycles. The Bertz CT molecular complexity index is 397. The minimum Gasteiger partial charge on any atom is -0.355 e. The van der Waals surface area contributed by atoms with E-state index in [1.165, 1.54) is 0 Å². The summed E-state index contributed by atoms with van der Waals surface area (Å²) in [5.41, 5.74) is 2.71. The van der Waals surface area contributed by atoms with Gasteiger partial charge in [-0.2, -0.15) is 0 Å². The van der Waals surface area contributed by atoms with Crippen LogP contribution in [0.2, 0.25) is 0 Å². The lowest BCUT2D eigenvalue weighted by Gasteiger charge is -2.12. The number of carbonyl (C=O) groups is 1. The van der Waals surface area contributed by atoms with E-state index in [-0.39, 0.29) is 5.91 Å². The van der Waals surface area contributed by atoms with Crippen molar-refractivity contribution in [3.63, 3.8) is 0 Å². The SMILES string of the molecule is CC.CNC(=O)c1ccnc2c1C=CCC2. The number of hydrogen-bond acceptors (Lipinski definition) is 2. The first-order valence-electron chi connectivity index (χ1n) is 5.69. The van der Waals surface area contributed by atoms with Crippen LogP contribution < -0.4 is 5.32 Å². The summed E-state index contributed by atoms with van der Waals surface area (Å²) in [4.78, 5) is 15.8. The molecular weight excluding hydrogens is 200 g/mol. The van der Waals surface area contributed by atoms with E-state index in [4.69, 9.17) is 0 Å². The third-order valence-electron chi connectivity index (χ3n) is 2.38. The molecule has 0 radical (unpaired) electrons. The number of amides is 1. The van der Waals surface area contributed by atoms with Crippen molar-refractivity contribution in [2.24, 2.45) is 0 Å². The fourth-order valence-electron chi connectivity index (χ4n) is 1.66. The summed E-state index contributed by atoms with van der Waals surface area (Å²) in [6.07, 6.45) is 7.70. The summed E-state index contributed by atoms with van der Waals surface area (Å²) in [5.74, 6) is -0.0461. The summed E-state index contributed by atoms with van der Waals surface area (Å²) in [6, 6.07) is 1.76. The number of aromatic nitrogens is 1. The van der Waals surface area contributed by atoms with E-state index in [1.54, 1.807) is 19.3 Å². The molecule has 1 amide bonds. The fraction of sp³-hybridized carbons (Fsp3) is 0.385. The van der Waals surface area contributed by atoms with Gasteiger partial charge in [0.15, 0.2) is 0 Å². The van der Waals surface area contributed by atoms with Gasteiger partial charge in [-0.3, -0.25) is 9.78 Å². The quantitative estimate of drug-likeness (QED) is 0.786. The average molecular weight is 218 g/mol. The number of nitrogens with one attached hydrogen (secondary N) is 1. The van der Waals surface area contributed by atoms with E-state index in [2.05, 4.69) is 16.4 Å². The fourth-order valence-corrected chi connectivity index (χ4v) is 1.66. The predicted octanol–water partition coefficient (Wildman–Crippen LogP) is 2.43. The zero-order valence-electron chi connectivity index (χ0n) is 10.1. The molecule has 3 nitrogen and oxygen atoms in total. The third kappa shape index (κ3) is 2.48. The molecule has 1 N–H and O–H groups in total. The number of aryl methyl sites for hydroxylation is 1. The van der Waals surface area contributed by atoms with E-state index < -0.39 is 0 Å². The first-order valence-corrected chi connectivity index (χ1v) is 5.69. The summed E-state index contributed by atoms with van der Waals surface area (Å²) >= 11 is 0. The number of fused-ring (bicyclic) bond motifs is 1. The van der Waals surface area contributed by atoms with Crippen LogP contribution in [-0.4, -0.2) is 17.9 Å². The van der Waals surface area contributed by atoms with E-state index in [0.717, 1.165) is 24.1 Å². The van der Waals surface area contributed by atoms with Gasteiger partial charge in [0.25, 0.3) is 5.91 Å². The van der Waals surface area contributed by atoms with Crippen LogP contribution in [0.15, 0.2) is 18.3 Å². The maximum absolute atomic E-state index is 11.5. The second-order valence-electron chi connectivity index (χ2n) is 3.24. The van der Waals surface area contributed by atoms with Crippen LogP contribution in [0.4, 0.5) is 0 Å². The second-order valence-corrected chi connectivity index (χ2v) is 3.24. The van der Waals surface area contributed by atoms with Gasteiger partial charge in [-0.15, -0.1) is 0 Å². The van der Waals surface area contributed by atoms with Crippen LogP contribution in [0.5, 0.6) is 0 Å². The number of rotatable bonds is 1. The lowest BCUT2D eigenvalue weighted by molar-refractivity contribution is 0.0962. The monoisotopic (exact) mass is 218 g/mol. The van der Waals surface area contributed by atoms with Gasteiger partial charge >= 0.3 is 0 Å². The van der Waals surface area contributed by atoms with Gasteiger partial charge in [-0.05, 0) is 18.9 Å². The Hall–Kier alpha value is -1.64.